The van der Waals surface area contributed by atoms with Gasteiger partial charge in [-0.15, -0.1) is 0 Å². The summed E-state index contributed by atoms with van der Waals surface area (Å²) in [6, 6.07) is 11.2. The number of carbonyl (C=O) groups excluding carboxylic acids is 1. The molecule has 6 heteroatoms. The highest BCUT2D eigenvalue weighted by molar-refractivity contribution is 9.10. The average Bonchev–Trinajstić information content (AvgIpc) is 2.53. The van der Waals surface area contributed by atoms with Crippen LogP contribution in [0.15, 0.2) is 47.1 Å². The maximum Gasteiger partial charge on any atom is 0.416 e. The zero-order chi connectivity index (χ0) is 18.6. The molecular weight excluding hydrogens is 382 g/mol. The van der Waals surface area contributed by atoms with E-state index in [4.69, 9.17) is 10.5 Å². The minimum atomic E-state index is -0.607. The van der Waals surface area contributed by atoms with Crippen LogP contribution in [0.4, 0.5) is 10.6 Å². The number of pyridine rings is 1. The second-order valence-electron chi connectivity index (χ2n) is 6.77. The third kappa shape index (κ3) is 5.03. The summed E-state index contributed by atoms with van der Waals surface area (Å²) in [5.74, 6) is 0.520. The van der Waals surface area contributed by atoms with Gasteiger partial charge in [0.2, 0.25) is 0 Å². The van der Waals surface area contributed by atoms with Gasteiger partial charge in [-0.1, -0.05) is 34.1 Å². The average molecular weight is 406 g/mol. The molecule has 0 saturated heterocycles. The Hall–Kier alpha value is -1.92. The molecule has 0 fully saturated rings. The molecule has 0 aliphatic heterocycles. The van der Waals surface area contributed by atoms with Crippen LogP contribution in [-0.4, -0.2) is 16.7 Å². The van der Waals surface area contributed by atoms with Crippen molar-refractivity contribution in [2.24, 2.45) is 5.73 Å². The molecule has 2 N–H and O–H groups in total. The fraction of sp³-hybridized carbons (Fsp3) is 0.368. The first-order valence-corrected chi connectivity index (χ1v) is 8.94. The van der Waals surface area contributed by atoms with Crippen LogP contribution >= 0.6 is 15.9 Å². The number of hydrogen-bond acceptors (Lipinski definition) is 4. The summed E-state index contributed by atoms with van der Waals surface area (Å²) < 4.78 is 6.57. The Kier molecular flexibility index (Phi) is 6.19. The molecule has 1 aromatic heterocycles. The van der Waals surface area contributed by atoms with Gasteiger partial charge in [0.15, 0.2) is 0 Å². The molecule has 0 unspecified atom stereocenters. The molecular formula is C19H24BrN3O2. The second-order valence-corrected chi connectivity index (χ2v) is 7.69. The number of halogens is 1. The van der Waals surface area contributed by atoms with Gasteiger partial charge in [-0.2, -0.15) is 0 Å². The lowest BCUT2D eigenvalue weighted by atomic mass is 10.1. The number of hydrogen-bond donors (Lipinski definition) is 1. The fourth-order valence-electron chi connectivity index (χ4n) is 2.46. The lowest BCUT2D eigenvalue weighted by Crippen LogP contribution is -2.39. The quantitative estimate of drug-likeness (QED) is 0.792. The van der Waals surface area contributed by atoms with Gasteiger partial charge in [0.1, 0.15) is 11.4 Å². The Morgan fingerprint density at radius 3 is 2.64 bits per heavy atom. The zero-order valence-corrected chi connectivity index (χ0v) is 16.6. The molecule has 0 bridgehead atoms. The van der Waals surface area contributed by atoms with Crippen LogP contribution in [0.3, 0.4) is 0 Å². The Bertz CT molecular complexity index is 743. The number of aromatic nitrogens is 1. The Labute approximate surface area is 157 Å². The van der Waals surface area contributed by atoms with Crippen LogP contribution in [-0.2, 0) is 11.3 Å². The van der Waals surface area contributed by atoms with Crippen molar-refractivity contribution in [1.29, 1.82) is 0 Å². The summed E-state index contributed by atoms with van der Waals surface area (Å²) in [6.07, 6.45) is 1.20. The first-order valence-electron chi connectivity index (χ1n) is 8.14. The van der Waals surface area contributed by atoms with E-state index < -0.39 is 11.7 Å². The number of rotatable bonds is 4. The van der Waals surface area contributed by atoms with Gasteiger partial charge in [-0.05, 0) is 51.5 Å². The van der Waals surface area contributed by atoms with E-state index in [2.05, 4.69) is 20.9 Å². The predicted molar refractivity (Wildman–Crippen MR) is 103 cm³/mol. The van der Waals surface area contributed by atoms with E-state index >= 15 is 0 Å². The van der Waals surface area contributed by atoms with Crippen LogP contribution < -0.4 is 10.6 Å². The smallest absolute Gasteiger partial charge is 0.416 e. The van der Waals surface area contributed by atoms with Crippen LogP contribution in [0, 0.1) is 0 Å². The molecule has 0 saturated carbocycles. The molecule has 0 radical (unpaired) electrons. The lowest BCUT2D eigenvalue weighted by molar-refractivity contribution is 0.0566. The molecule has 2 aromatic rings. The fourth-order valence-corrected chi connectivity index (χ4v) is 2.88. The van der Waals surface area contributed by atoms with Crippen molar-refractivity contribution in [3.63, 3.8) is 0 Å². The first kappa shape index (κ1) is 19.4. The predicted octanol–water partition coefficient (Wildman–Crippen LogP) is 4.81. The molecule has 5 nitrogen and oxygen atoms in total. The van der Waals surface area contributed by atoms with Crippen molar-refractivity contribution in [3.05, 3.63) is 58.2 Å². The summed E-state index contributed by atoms with van der Waals surface area (Å²) in [6.45, 7) is 7.76. The SMILES string of the molecule is C[C@@H](c1cccc(Br)c1)N(C(=O)OC(C)(C)C)c1ncccc1CN. The Balaban J connectivity index is 2.50. The van der Waals surface area contributed by atoms with E-state index in [-0.39, 0.29) is 12.6 Å². The number of carbonyl (C=O) groups is 1. The van der Waals surface area contributed by atoms with E-state index in [0.29, 0.717) is 5.82 Å². The molecule has 134 valence electrons. The second kappa shape index (κ2) is 7.97. The van der Waals surface area contributed by atoms with E-state index in [9.17, 15) is 4.79 Å². The highest BCUT2D eigenvalue weighted by Crippen LogP contribution is 2.31. The summed E-state index contributed by atoms with van der Waals surface area (Å²) in [5, 5.41) is 0. The van der Waals surface area contributed by atoms with E-state index in [1.54, 1.807) is 11.1 Å². The van der Waals surface area contributed by atoms with E-state index in [0.717, 1.165) is 15.6 Å². The van der Waals surface area contributed by atoms with Gasteiger partial charge < -0.3 is 10.5 Å². The summed E-state index contributed by atoms with van der Waals surface area (Å²) in [5.41, 5.74) is 7.00. The summed E-state index contributed by atoms with van der Waals surface area (Å²) in [4.78, 5) is 18.9. The first-order chi connectivity index (χ1) is 11.7. The molecule has 0 aliphatic carbocycles. The molecule has 25 heavy (non-hydrogen) atoms. The molecule has 0 aliphatic rings. The number of anilines is 1. The third-order valence-electron chi connectivity index (χ3n) is 3.62. The van der Waals surface area contributed by atoms with Gasteiger partial charge >= 0.3 is 6.09 Å². The minimum Gasteiger partial charge on any atom is -0.443 e. The zero-order valence-electron chi connectivity index (χ0n) is 15.0. The van der Waals surface area contributed by atoms with Crippen molar-refractivity contribution < 1.29 is 9.53 Å². The molecule has 1 heterocycles. The molecule has 2 rings (SSSR count). The third-order valence-corrected chi connectivity index (χ3v) is 4.12. The number of benzene rings is 1. The van der Waals surface area contributed by atoms with Crippen LogP contribution in [0.2, 0.25) is 0 Å². The van der Waals surface area contributed by atoms with Gasteiger partial charge in [0, 0.05) is 22.8 Å². The molecule has 0 spiro atoms. The van der Waals surface area contributed by atoms with E-state index in [1.165, 1.54) is 0 Å². The highest BCUT2D eigenvalue weighted by atomic mass is 79.9. The van der Waals surface area contributed by atoms with Crippen LogP contribution in [0.25, 0.3) is 0 Å². The van der Waals surface area contributed by atoms with Crippen molar-refractivity contribution in [2.45, 2.75) is 45.9 Å². The largest absolute Gasteiger partial charge is 0.443 e. The molecule has 1 atom stereocenters. The van der Waals surface area contributed by atoms with Gasteiger partial charge in [0.05, 0.1) is 6.04 Å². The van der Waals surface area contributed by atoms with Crippen molar-refractivity contribution >= 4 is 27.8 Å². The number of nitrogens with zero attached hydrogens (tertiary/aromatic N) is 2. The number of amides is 1. The van der Waals surface area contributed by atoms with Gasteiger partial charge in [-0.3, -0.25) is 4.90 Å². The Morgan fingerprint density at radius 2 is 2.04 bits per heavy atom. The van der Waals surface area contributed by atoms with Gasteiger partial charge in [-0.25, -0.2) is 9.78 Å². The maximum atomic E-state index is 12.9. The topological polar surface area (TPSA) is 68.5 Å². The summed E-state index contributed by atoms with van der Waals surface area (Å²) >= 11 is 3.48. The van der Waals surface area contributed by atoms with Gasteiger partial charge in [0.25, 0.3) is 0 Å². The minimum absolute atomic E-state index is 0.271. The normalized spacial score (nSPS) is 12.6. The van der Waals surface area contributed by atoms with Crippen molar-refractivity contribution in [1.82, 2.24) is 4.98 Å². The van der Waals surface area contributed by atoms with E-state index in [1.807, 2.05) is 64.1 Å². The molecule has 1 amide bonds. The van der Waals surface area contributed by atoms with Crippen LogP contribution in [0.1, 0.15) is 44.9 Å². The molecule has 1 aromatic carbocycles. The highest BCUT2D eigenvalue weighted by Gasteiger charge is 2.30. The monoisotopic (exact) mass is 405 g/mol. The Morgan fingerprint density at radius 1 is 1.32 bits per heavy atom. The number of ether oxygens (including phenoxy) is 1. The van der Waals surface area contributed by atoms with Crippen molar-refractivity contribution in [3.8, 4) is 0 Å². The van der Waals surface area contributed by atoms with Crippen LogP contribution in [0.5, 0.6) is 0 Å². The lowest BCUT2D eigenvalue weighted by Gasteiger charge is -2.32. The standard InChI is InChI=1S/C19H24BrN3O2/c1-13(14-7-5-9-16(20)11-14)23(18(24)25-19(2,3)4)17-15(12-21)8-6-10-22-17/h5-11,13H,12,21H2,1-4H3/t13-/m0/s1. The maximum absolute atomic E-state index is 12.9. The summed E-state index contributed by atoms with van der Waals surface area (Å²) in [7, 11) is 0. The van der Waals surface area contributed by atoms with Crippen molar-refractivity contribution in [2.75, 3.05) is 4.90 Å². The number of nitrogens with two attached hydrogens (primary N) is 1.